The minimum Gasteiger partial charge on any atom is -0.325 e. The number of benzene rings is 3. The number of rotatable bonds is 5. The normalized spacial score (nSPS) is 10.9. The maximum atomic E-state index is 12.7. The standard InChI is InChI=1S/C23H21N3O/c1-17-8-7-11-19(14-17)24-23(27)16-26-21-13-6-5-12-20(21)25-22(26)15-18-9-3-2-4-10-18/h2-14H,15-16H2,1H3,(H,24,27). The van der Waals surface area contributed by atoms with Gasteiger partial charge in [0.05, 0.1) is 11.0 Å². The monoisotopic (exact) mass is 355 g/mol. The van der Waals surface area contributed by atoms with E-state index in [0.717, 1.165) is 28.1 Å². The third-order valence-corrected chi connectivity index (χ3v) is 4.54. The molecule has 4 rings (SSSR count). The number of nitrogens with zero attached hydrogens (tertiary/aromatic N) is 2. The van der Waals surface area contributed by atoms with Crippen molar-refractivity contribution >= 4 is 22.6 Å². The second-order valence-electron chi connectivity index (χ2n) is 6.68. The van der Waals surface area contributed by atoms with Gasteiger partial charge in [0.15, 0.2) is 0 Å². The summed E-state index contributed by atoms with van der Waals surface area (Å²) < 4.78 is 2.01. The van der Waals surface area contributed by atoms with E-state index in [4.69, 9.17) is 4.98 Å². The summed E-state index contributed by atoms with van der Waals surface area (Å²) in [6, 6.07) is 26.0. The molecule has 4 aromatic rings. The van der Waals surface area contributed by atoms with Gasteiger partial charge in [0.1, 0.15) is 12.4 Å². The van der Waals surface area contributed by atoms with Gasteiger partial charge in [-0.2, -0.15) is 0 Å². The number of nitrogens with one attached hydrogen (secondary N) is 1. The Hall–Kier alpha value is -3.40. The Morgan fingerprint density at radius 1 is 0.963 bits per heavy atom. The van der Waals surface area contributed by atoms with Crippen molar-refractivity contribution < 1.29 is 4.79 Å². The summed E-state index contributed by atoms with van der Waals surface area (Å²) in [4.78, 5) is 17.4. The van der Waals surface area contributed by atoms with Crippen molar-refractivity contribution in [2.24, 2.45) is 0 Å². The van der Waals surface area contributed by atoms with E-state index in [0.29, 0.717) is 6.42 Å². The number of carbonyl (C=O) groups excluding carboxylic acids is 1. The Balaban J connectivity index is 1.63. The first-order valence-corrected chi connectivity index (χ1v) is 9.03. The molecule has 0 saturated carbocycles. The van der Waals surface area contributed by atoms with Crippen LogP contribution in [-0.2, 0) is 17.8 Å². The summed E-state index contributed by atoms with van der Waals surface area (Å²) >= 11 is 0. The van der Waals surface area contributed by atoms with Crippen LogP contribution in [0.4, 0.5) is 5.69 Å². The Labute approximate surface area is 158 Å². The van der Waals surface area contributed by atoms with Crippen LogP contribution in [-0.4, -0.2) is 15.5 Å². The topological polar surface area (TPSA) is 46.9 Å². The highest BCUT2D eigenvalue weighted by molar-refractivity contribution is 5.91. The second-order valence-corrected chi connectivity index (χ2v) is 6.68. The van der Waals surface area contributed by atoms with Gasteiger partial charge in [-0.15, -0.1) is 0 Å². The maximum Gasteiger partial charge on any atom is 0.244 e. The van der Waals surface area contributed by atoms with Gasteiger partial charge in [0, 0.05) is 12.1 Å². The van der Waals surface area contributed by atoms with E-state index in [2.05, 4.69) is 17.4 Å². The molecule has 0 unspecified atom stereocenters. The van der Waals surface area contributed by atoms with E-state index in [1.54, 1.807) is 0 Å². The van der Waals surface area contributed by atoms with Crippen molar-refractivity contribution in [3.8, 4) is 0 Å². The molecule has 0 radical (unpaired) electrons. The highest BCUT2D eigenvalue weighted by atomic mass is 16.1. The van der Waals surface area contributed by atoms with Crippen LogP contribution in [0, 0.1) is 6.92 Å². The summed E-state index contributed by atoms with van der Waals surface area (Å²) in [6.07, 6.45) is 0.688. The Kier molecular flexibility index (Phi) is 4.71. The minimum atomic E-state index is -0.0573. The summed E-state index contributed by atoms with van der Waals surface area (Å²) in [6.45, 7) is 2.24. The fourth-order valence-corrected chi connectivity index (χ4v) is 3.28. The predicted octanol–water partition coefficient (Wildman–Crippen LogP) is 4.57. The van der Waals surface area contributed by atoms with E-state index in [1.165, 1.54) is 5.56 Å². The number of anilines is 1. The largest absolute Gasteiger partial charge is 0.325 e. The second kappa shape index (κ2) is 7.46. The van der Waals surface area contributed by atoms with Crippen molar-refractivity contribution in [2.75, 3.05) is 5.32 Å². The molecule has 0 aliphatic heterocycles. The number of amides is 1. The first-order chi connectivity index (χ1) is 13.2. The number of para-hydroxylation sites is 2. The average molecular weight is 355 g/mol. The van der Waals surface area contributed by atoms with Crippen LogP contribution in [0.15, 0.2) is 78.9 Å². The lowest BCUT2D eigenvalue weighted by molar-refractivity contribution is -0.116. The van der Waals surface area contributed by atoms with E-state index in [1.807, 2.05) is 78.2 Å². The van der Waals surface area contributed by atoms with Gasteiger partial charge < -0.3 is 9.88 Å². The SMILES string of the molecule is Cc1cccc(NC(=O)Cn2c(Cc3ccccc3)nc3ccccc32)c1. The van der Waals surface area contributed by atoms with Crippen LogP contribution in [0.2, 0.25) is 0 Å². The zero-order valence-electron chi connectivity index (χ0n) is 15.2. The highest BCUT2D eigenvalue weighted by Crippen LogP contribution is 2.19. The number of hydrogen-bond acceptors (Lipinski definition) is 2. The molecule has 1 N–H and O–H groups in total. The maximum absolute atomic E-state index is 12.7. The lowest BCUT2D eigenvalue weighted by Gasteiger charge is -2.11. The molecule has 1 heterocycles. The predicted molar refractivity (Wildman–Crippen MR) is 109 cm³/mol. The van der Waals surface area contributed by atoms with Crippen LogP contribution >= 0.6 is 0 Å². The van der Waals surface area contributed by atoms with Gasteiger partial charge in [-0.05, 0) is 42.3 Å². The van der Waals surface area contributed by atoms with Crippen LogP contribution in [0.25, 0.3) is 11.0 Å². The molecule has 0 bridgehead atoms. The van der Waals surface area contributed by atoms with Crippen LogP contribution in [0.1, 0.15) is 17.0 Å². The zero-order chi connectivity index (χ0) is 18.6. The summed E-state index contributed by atoms with van der Waals surface area (Å²) in [5, 5.41) is 2.99. The van der Waals surface area contributed by atoms with Gasteiger partial charge in [-0.1, -0.05) is 54.6 Å². The van der Waals surface area contributed by atoms with Crippen LogP contribution in [0.5, 0.6) is 0 Å². The molecule has 27 heavy (non-hydrogen) atoms. The number of carbonyl (C=O) groups is 1. The van der Waals surface area contributed by atoms with Crippen molar-refractivity contribution in [1.29, 1.82) is 0 Å². The molecule has 134 valence electrons. The first kappa shape index (κ1) is 17.0. The van der Waals surface area contributed by atoms with Gasteiger partial charge in [0.2, 0.25) is 5.91 Å². The number of imidazole rings is 1. The van der Waals surface area contributed by atoms with Crippen LogP contribution < -0.4 is 5.32 Å². The minimum absolute atomic E-state index is 0.0573. The first-order valence-electron chi connectivity index (χ1n) is 9.03. The Morgan fingerprint density at radius 3 is 2.56 bits per heavy atom. The Morgan fingerprint density at radius 2 is 1.74 bits per heavy atom. The molecule has 0 aliphatic carbocycles. The van der Waals surface area contributed by atoms with Gasteiger partial charge in [-0.3, -0.25) is 4.79 Å². The quantitative estimate of drug-likeness (QED) is 0.570. The fourth-order valence-electron chi connectivity index (χ4n) is 3.28. The smallest absolute Gasteiger partial charge is 0.244 e. The summed E-state index contributed by atoms with van der Waals surface area (Å²) in [5.74, 6) is 0.833. The molecule has 0 spiro atoms. The van der Waals surface area contributed by atoms with Crippen molar-refractivity contribution in [3.05, 3.63) is 95.8 Å². The molecule has 0 saturated heterocycles. The molecule has 1 amide bonds. The Bertz CT molecular complexity index is 1080. The molecule has 3 aromatic carbocycles. The molecule has 0 atom stereocenters. The molecule has 0 fully saturated rings. The number of aryl methyl sites for hydroxylation is 1. The lowest BCUT2D eigenvalue weighted by Crippen LogP contribution is -2.20. The van der Waals surface area contributed by atoms with E-state index >= 15 is 0 Å². The van der Waals surface area contributed by atoms with Gasteiger partial charge >= 0.3 is 0 Å². The van der Waals surface area contributed by atoms with Gasteiger partial charge in [0.25, 0.3) is 0 Å². The number of aromatic nitrogens is 2. The number of fused-ring (bicyclic) bond motifs is 1. The summed E-state index contributed by atoms with van der Waals surface area (Å²) in [7, 11) is 0. The number of hydrogen-bond donors (Lipinski definition) is 1. The van der Waals surface area contributed by atoms with E-state index in [-0.39, 0.29) is 12.5 Å². The third kappa shape index (κ3) is 3.90. The molecular formula is C23H21N3O. The van der Waals surface area contributed by atoms with E-state index < -0.39 is 0 Å². The molecular weight excluding hydrogens is 334 g/mol. The molecule has 4 heteroatoms. The molecule has 4 nitrogen and oxygen atoms in total. The fraction of sp³-hybridized carbons (Fsp3) is 0.130. The van der Waals surface area contributed by atoms with Crippen LogP contribution in [0.3, 0.4) is 0 Å². The molecule has 1 aromatic heterocycles. The van der Waals surface area contributed by atoms with Gasteiger partial charge in [-0.25, -0.2) is 4.98 Å². The lowest BCUT2D eigenvalue weighted by atomic mass is 10.1. The van der Waals surface area contributed by atoms with Crippen molar-refractivity contribution in [1.82, 2.24) is 9.55 Å². The van der Waals surface area contributed by atoms with Crippen molar-refractivity contribution in [2.45, 2.75) is 19.9 Å². The third-order valence-electron chi connectivity index (χ3n) is 4.54. The average Bonchev–Trinajstić information content (AvgIpc) is 3.00. The summed E-state index contributed by atoms with van der Waals surface area (Å²) in [5.41, 5.74) is 4.99. The zero-order valence-corrected chi connectivity index (χ0v) is 15.2. The highest BCUT2D eigenvalue weighted by Gasteiger charge is 2.14. The van der Waals surface area contributed by atoms with E-state index in [9.17, 15) is 4.79 Å². The molecule has 0 aliphatic rings. The van der Waals surface area contributed by atoms with Crippen molar-refractivity contribution in [3.63, 3.8) is 0 Å².